The van der Waals surface area contributed by atoms with E-state index in [1.54, 1.807) is 0 Å². The maximum atomic E-state index is 3.74. The van der Waals surface area contributed by atoms with E-state index in [0.29, 0.717) is 0 Å². The monoisotopic (exact) mass is 251 g/mol. The summed E-state index contributed by atoms with van der Waals surface area (Å²) in [5, 5.41) is 3.74. The van der Waals surface area contributed by atoms with E-state index in [1.165, 1.54) is 84.2 Å². The molecule has 0 bridgehead atoms. The molecule has 3 saturated heterocycles. The average Bonchev–Trinajstić information content (AvgIpc) is 2.98. The fourth-order valence-electron chi connectivity index (χ4n) is 3.95. The molecule has 0 amide bonds. The predicted molar refractivity (Wildman–Crippen MR) is 75.9 cm³/mol. The second kappa shape index (κ2) is 6.36. The Hall–Kier alpha value is -0.120. The van der Waals surface area contributed by atoms with E-state index in [9.17, 15) is 0 Å². The van der Waals surface area contributed by atoms with Gasteiger partial charge in [0.25, 0.3) is 0 Å². The third-order valence-electron chi connectivity index (χ3n) is 5.05. The van der Waals surface area contributed by atoms with Crippen LogP contribution in [0.2, 0.25) is 0 Å². The van der Waals surface area contributed by atoms with Crippen LogP contribution in [0.15, 0.2) is 0 Å². The second-order valence-corrected chi connectivity index (χ2v) is 6.45. The lowest BCUT2D eigenvalue weighted by Crippen LogP contribution is -2.41. The predicted octanol–water partition coefficient (Wildman–Crippen LogP) is 1.69. The normalized spacial score (nSPS) is 36.0. The van der Waals surface area contributed by atoms with Crippen molar-refractivity contribution in [3.63, 3.8) is 0 Å². The minimum absolute atomic E-state index is 0.768. The Balaban J connectivity index is 1.43. The second-order valence-electron chi connectivity index (χ2n) is 6.45. The summed E-state index contributed by atoms with van der Waals surface area (Å²) < 4.78 is 0. The zero-order chi connectivity index (χ0) is 12.2. The van der Waals surface area contributed by atoms with E-state index in [1.807, 2.05) is 0 Å². The first-order chi connectivity index (χ1) is 8.92. The molecule has 3 fully saturated rings. The Morgan fingerprint density at radius 2 is 1.78 bits per heavy atom. The Labute approximate surface area is 112 Å². The van der Waals surface area contributed by atoms with Gasteiger partial charge in [0.15, 0.2) is 0 Å². The minimum atomic E-state index is 0.768. The Morgan fingerprint density at radius 3 is 2.67 bits per heavy atom. The van der Waals surface area contributed by atoms with Crippen LogP contribution in [0.25, 0.3) is 0 Å². The summed E-state index contributed by atoms with van der Waals surface area (Å²) >= 11 is 0. The summed E-state index contributed by atoms with van der Waals surface area (Å²) in [4.78, 5) is 5.45. The molecule has 2 atom stereocenters. The maximum absolute atomic E-state index is 3.74. The van der Waals surface area contributed by atoms with Crippen LogP contribution >= 0.6 is 0 Å². The van der Waals surface area contributed by atoms with Crippen molar-refractivity contribution in [2.75, 3.05) is 39.3 Å². The van der Waals surface area contributed by atoms with Gasteiger partial charge in [0.2, 0.25) is 0 Å². The summed E-state index contributed by atoms with van der Waals surface area (Å²) in [6.07, 6.45) is 9.91. The highest BCUT2D eigenvalue weighted by Gasteiger charge is 2.30. The third-order valence-corrected chi connectivity index (χ3v) is 5.05. The average molecular weight is 251 g/mol. The lowest BCUT2D eigenvalue weighted by molar-refractivity contribution is 0.222. The van der Waals surface area contributed by atoms with Gasteiger partial charge in [0.05, 0.1) is 0 Å². The molecule has 0 saturated carbocycles. The van der Waals surface area contributed by atoms with E-state index < -0.39 is 0 Å². The molecule has 2 unspecified atom stereocenters. The van der Waals surface area contributed by atoms with Gasteiger partial charge >= 0.3 is 0 Å². The molecule has 0 aromatic carbocycles. The van der Waals surface area contributed by atoms with Crippen molar-refractivity contribution < 1.29 is 0 Å². The number of rotatable bonds is 3. The molecule has 0 aliphatic carbocycles. The van der Waals surface area contributed by atoms with E-state index in [0.717, 1.165) is 12.1 Å². The van der Waals surface area contributed by atoms with Gasteiger partial charge in [-0.25, -0.2) is 0 Å². The van der Waals surface area contributed by atoms with Crippen LogP contribution in [-0.4, -0.2) is 61.2 Å². The van der Waals surface area contributed by atoms with Gasteiger partial charge in [-0.05, 0) is 58.3 Å². The van der Waals surface area contributed by atoms with Gasteiger partial charge in [0, 0.05) is 25.2 Å². The molecule has 18 heavy (non-hydrogen) atoms. The molecule has 0 aromatic rings. The quantitative estimate of drug-likeness (QED) is 0.823. The van der Waals surface area contributed by atoms with E-state index in [4.69, 9.17) is 0 Å². The number of nitrogens with one attached hydrogen (secondary N) is 1. The van der Waals surface area contributed by atoms with Crippen molar-refractivity contribution in [1.82, 2.24) is 15.1 Å². The SMILES string of the molecule is C1CCNC(CN2CCC(N3CCCC3)C2)CC1. The van der Waals surface area contributed by atoms with Crippen molar-refractivity contribution in [3.8, 4) is 0 Å². The Morgan fingerprint density at radius 1 is 0.889 bits per heavy atom. The fraction of sp³-hybridized carbons (Fsp3) is 1.00. The summed E-state index contributed by atoms with van der Waals surface area (Å²) in [6, 6.07) is 1.64. The van der Waals surface area contributed by atoms with E-state index in [-0.39, 0.29) is 0 Å². The van der Waals surface area contributed by atoms with Gasteiger partial charge in [-0.1, -0.05) is 12.8 Å². The molecule has 0 spiro atoms. The minimum Gasteiger partial charge on any atom is -0.313 e. The van der Waals surface area contributed by atoms with Crippen molar-refractivity contribution in [2.45, 2.75) is 57.0 Å². The van der Waals surface area contributed by atoms with Crippen molar-refractivity contribution >= 4 is 0 Å². The molecular weight excluding hydrogens is 222 g/mol. The number of likely N-dealkylation sites (tertiary alicyclic amines) is 2. The lowest BCUT2D eigenvalue weighted by atomic mass is 10.1. The zero-order valence-electron chi connectivity index (χ0n) is 11.7. The van der Waals surface area contributed by atoms with Crippen LogP contribution in [0, 0.1) is 0 Å². The number of nitrogens with zero attached hydrogens (tertiary/aromatic N) is 2. The highest BCUT2D eigenvalue weighted by molar-refractivity contribution is 4.87. The lowest BCUT2D eigenvalue weighted by Gasteiger charge is -2.26. The standard InChI is InChI=1S/C15H29N3/c1-2-6-14(16-8-3-1)12-17-11-7-15(13-17)18-9-4-5-10-18/h14-16H,1-13H2. The summed E-state index contributed by atoms with van der Waals surface area (Å²) in [5.41, 5.74) is 0. The molecule has 1 N–H and O–H groups in total. The molecule has 3 nitrogen and oxygen atoms in total. The summed E-state index contributed by atoms with van der Waals surface area (Å²) in [7, 11) is 0. The third kappa shape index (κ3) is 3.25. The van der Waals surface area contributed by atoms with Crippen molar-refractivity contribution in [2.24, 2.45) is 0 Å². The molecule has 3 heterocycles. The Bertz CT molecular complexity index is 242. The van der Waals surface area contributed by atoms with Crippen molar-refractivity contribution in [3.05, 3.63) is 0 Å². The van der Waals surface area contributed by atoms with Crippen LogP contribution in [0.3, 0.4) is 0 Å². The molecule has 0 aromatic heterocycles. The van der Waals surface area contributed by atoms with Gasteiger partial charge in [-0.3, -0.25) is 4.90 Å². The maximum Gasteiger partial charge on any atom is 0.0235 e. The molecule has 3 heteroatoms. The molecule has 3 aliphatic heterocycles. The molecule has 3 rings (SSSR count). The Kier molecular flexibility index (Phi) is 4.55. The zero-order valence-corrected chi connectivity index (χ0v) is 11.7. The van der Waals surface area contributed by atoms with Gasteiger partial charge in [0.1, 0.15) is 0 Å². The van der Waals surface area contributed by atoms with Crippen LogP contribution < -0.4 is 5.32 Å². The first-order valence-corrected chi connectivity index (χ1v) is 8.11. The summed E-state index contributed by atoms with van der Waals surface area (Å²) in [6.45, 7) is 7.93. The highest BCUT2D eigenvalue weighted by Crippen LogP contribution is 2.21. The fourth-order valence-corrected chi connectivity index (χ4v) is 3.95. The van der Waals surface area contributed by atoms with Gasteiger partial charge in [-0.15, -0.1) is 0 Å². The highest BCUT2D eigenvalue weighted by atomic mass is 15.3. The number of hydrogen-bond donors (Lipinski definition) is 1. The number of hydrogen-bond acceptors (Lipinski definition) is 3. The van der Waals surface area contributed by atoms with E-state index in [2.05, 4.69) is 15.1 Å². The van der Waals surface area contributed by atoms with Crippen LogP contribution in [0.5, 0.6) is 0 Å². The topological polar surface area (TPSA) is 18.5 Å². The molecule has 3 aliphatic rings. The van der Waals surface area contributed by atoms with Crippen molar-refractivity contribution in [1.29, 1.82) is 0 Å². The van der Waals surface area contributed by atoms with Crippen LogP contribution in [0.1, 0.15) is 44.9 Å². The molecule has 104 valence electrons. The molecular formula is C15H29N3. The van der Waals surface area contributed by atoms with Gasteiger partial charge in [-0.2, -0.15) is 0 Å². The van der Waals surface area contributed by atoms with E-state index >= 15 is 0 Å². The van der Waals surface area contributed by atoms with Crippen LogP contribution in [0.4, 0.5) is 0 Å². The first-order valence-electron chi connectivity index (χ1n) is 8.11. The van der Waals surface area contributed by atoms with Crippen LogP contribution in [-0.2, 0) is 0 Å². The molecule has 0 radical (unpaired) electrons. The largest absolute Gasteiger partial charge is 0.313 e. The summed E-state index contributed by atoms with van der Waals surface area (Å²) in [5.74, 6) is 0. The first kappa shape index (κ1) is 12.9. The smallest absolute Gasteiger partial charge is 0.0235 e. The van der Waals surface area contributed by atoms with Gasteiger partial charge < -0.3 is 10.2 Å².